The quantitative estimate of drug-likeness (QED) is 0.606. The molecule has 0 saturated carbocycles. The smallest absolute Gasteiger partial charge is 0.239 e. The van der Waals surface area contributed by atoms with E-state index < -0.39 is 6.43 Å². The summed E-state index contributed by atoms with van der Waals surface area (Å²) in [4.78, 5) is 2.09. The summed E-state index contributed by atoms with van der Waals surface area (Å²) in [5.41, 5.74) is 0. The highest BCUT2D eigenvalue weighted by Crippen LogP contribution is 2.05. The van der Waals surface area contributed by atoms with Crippen LogP contribution in [-0.2, 0) is 0 Å². The van der Waals surface area contributed by atoms with Gasteiger partial charge in [-0.05, 0) is 26.8 Å². The molecule has 0 heterocycles. The van der Waals surface area contributed by atoms with E-state index in [9.17, 15) is 8.78 Å². The van der Waals surface area contributed by atoms with Crippen LogP contribution in [0.4, 0.5) is 8.78 Å². The van der Waals surface area contributed by atoms with Crippen molar-refractivity contribution in [1.29, 1.82) is 0 Å². The second-order valence-corrected chi connectivity index (χ2v) is 3.31. The third-order valence-corrected chi connectivity index (χ3v) is 1.88. The van der Waals surface area contributed by atoms with E-state index in [2.05, 4.69) is 11.8 Å². The molecule has 0 aromatic rings. The van der Waals surface area contributed by atoms with Crippen molar-refractivity contribution in [2.45, 2.75) is 46.1 Å². The number of alkyl halides is 2. The number of hydrogen-bond acceptors (Lipinski definition) is 1. The van der Waals surface area contributed by atoms with Gasteiger partial charge in [0.25, 0.3) is 0 Å². The first-order chi connectivity index (χ1) is 5.57. The Labute approximate surface area is 73.7 Å². The van der Waals surface area contributed by atoms with Crippen molar-refractivity contribution in [1.82, 2.24) is 4.90 Å². The van der Waals surface area contributed by atoms with E-state index in [4.69, 9.17) is 0 Å². The zero-order valence-corrected chi connectivity index (χ0v) is 8.19. The largest absolute Gasteiger partial charge is 0.301 e. The minimum Gasteiger partial charge on any atom is -0.301 e. The molecule has 0 spiro atoms. The summed E-state index contributed by atoms with van der Waals surface area (Å²) in [6.07, 6.45) is -1.14. The van der Waals surface area contributed by atoms with Gasteiger partial charge in [-0.3, -0.25) is 0 Å². The summed E-state index contributed by atoms with van der Waals surface area (Å²) < 4.78 is 23.7. The summed E-state index contributed by atoms with van der Waals surface area (Å²) in [5, 5.41) is 0. The average Bonchev–Trinajstić information content (AvgIpc) is 1.96. The highest BCUT2D eigenvalue weighted by Gasteiger charge is 2.10. The van der Waals surface area contributed by atoms with Crippen molar-refractivity contribution >= 4 is 0 Å². The fourth-order valence-electron chi connectivity index (χ4n) is 1.18. The first-order valence-electron chi connectivity index (χ1n) is 4.60. The molecular weight excluding hydrogens is 160 g/mol. The van der Waals surface area contributed by atoms with Crippen LogP contribution in [0.25, 0.3) is 0 Å². The molecule has 0 aliphatic carbocycles. The van der Waals surface area contributed by atoms with Crippen LogP contribution in [0.1, 0.15) is 33.6 Å². The summed E-state index contributed by atoms with van der Waals surface area (Å²) in [7, 11) is 0. The van der Waals surface area contributed by atoms with E-state index >= 15 is 0 Å². The Kier molecular flexibility index (Phi) is 6.25. The second-order valence-electron chi connectivity index (χ2n) is 3.31. The zero-order chi connectivity index (χ0) is 9.56. The van der Waals surface area contributed by atoms with Gasteiger partial charge in [-0.1, -0.05) is 6.92 Å². The topological polar surface area (TPSA) is 3.24 Å². The first kappa shape index (κ1) is 11.8. The van der Waals surface area contributed by atoms with E-state index in [1.54, 1.807) is 0 Å². The van der Waals surface area contributed by atoms with E-state index in [0.717, 1.165) is 13.0 Å². The minimum atomic E-state index is -2.16. The average molecular weight is 179 g/mol. The molecule has 0 rings (SSSR count). The van der Waals surface area contributed by atoms with Gasteiger partial charge in [0.05, 0.1) is 0 Å². The Morgan fingerprint density at radius 1 is 1.17 bits per heavy atom. The van der Waals surface area contributed by atoms with Crippen LogP contribution >= 0.6 is 0 Å². The van der Waals surface area contributed by atoms with Crippen molar-refractivity contribution in [3.8, 4) is 0 Å². The van der Waals surface area contributed by atoms with E-state index in [1.165, 1.54) is 0 Å². The van der Waals surface area contributed by atoms with Crippen molar-refractivity contribution in [3.05, 3.63) is 0 Å². The van der Waals surface area contributed by atoms with Crippen molar-refractivity contribution in [2.75, 3.05) is 13.1 Å². The number of hydrogen-bond donors (Lipinski definition) is 0. The normalized spacial score (nSPS) is 12.0. The van der Waals surface area contributed by atoms with Gasteiger partial charge in [-0.2, -0.15) is 0 Å². The molecule has 0 bridgehead atoms. The van der Waals surface area contributed by atoms with Gasteiger partial charge in [-0.15, -0.1) is 0 Å². The fraction of sp³-hybridized carbons (Fsp3) is 1.00. The number of rotatable bonds is 6. The van der Waals surface area contributed by atoms with Gasteiger partial charge in [0.15, 0.2) is 0 Å². The lowest BCUT2D eigenvalue weighted by Crippen LogP contribution is -2.33. The lowest BCUT2D eigenvalue weighted by atomic mass is 10.2. The van der Waals surface area contributed by atoms with Gasteiger partial charge in [0.2, 0.25) is 6.43 Å². The molecule has 1 nitrogen and oxygen atoms in total. The van der Waals surface area contributed by atoms with Crippen LogP contribution in [-0.4, -0.2) is 30.5 Å². The van der Waals surface area contributed by atoms with E-state index in [1.807, 2.05) is 13.8 Å². The third kappa shape index (κ3) is 5.47. The number of nitrogens with zero attached hydrogens (tertiary/aromatic N) is 1. The lowest BCUT2D eigenvalue weighted by molar-refractivity contribution is 0.107. The molecule has 0 aromatic heterocycles. The van der Waals surface area contributed by atoms with Crippen molar-refractivity contribution in [3.63, 3.8) is 0 Å². The maximum Gasteiger partial charge on any atom is 0.239 e. The molecule has 74 valence electrons. The third-order valence-electron chi connectivity index (χ3n) is 1.88. The minimum absolute atomic E-state index is 0.00181. The van der Waals surface area contributed by atoms with Gasteiger partial charge in [0.1, 0.15) is 0 Å². The molecule has 0 amide bonds. The zero-order valence-electron chi connectivity index (χ0n) is 8.19. The van der Waals surface area contributed by atoms with E-state index in [-0.39, 0.29) is 6.42 Å². The molecule has 0 radical (unpaired) electrons. The standard InChI is InChI=1S/C9H19F2N/c1-4-6-12(8(2)3)7-5-9(10)11/h8-9H,4-7H2,1-3H3. The van der Waals surface area contributed by atoms with Gasteiger partial charge < -0.3 is 4.90 Å². The van der Waals surface area contributed by atoms with Crippen LogP contribution in [0.15, 0.2) is 0 Å². The highest BCUT2D eigenvalue weighted by molar-refractivity contribution is 4.62. The highest BCUT2D eigenvalue weighted by atomic mass is 19.3. The fourth-order valence-corrected chi connectivity index (χ4v) is 1.18. The predicted octanol–water partition coefficient (Wildman–Crippen LogP) is 2.76. The number of halogens is 2. The summed E-state index contributed by atoms with van der Waals surface area (Å²) in [5.74, 6) is 0. The van der Waals surface area contributed by atoms with Crippen LogP contribution in [0.2, 0.25) is 0 Å². The first-order valence-corrected chi connectivity index (χ1v) is 4.60. The lowest BCUT2D eigenvalue weighted by Gasteiger charge is -2.25. The molecule has 0 aliphatic rings. The van der Waals surface area contributed by atoms with Gasteiger partial charge in [-0.25, -0.2) is 8.78 Å². The molecule has 0 saturated heterocycles. The van der Waals surface area contributed by atoms with Crippen LogP contribution in [0.5, 0.6) is 0 Å². The summed E-state index contributed by atoms with van der Waals surface area (Å²) in [6, 6.07) is 0.378. The molecule has 0 atom stereocenters. The van der Waals surface area contributed by atoms with Crippen LogP contribution in [0.3, 0.4) is 0 Å². The second kappa shape index (κ2) is 6.35. The monoisotopic (exact) mass is 179 g/mol. The van der Waals surface area contributed by atoms with Crippen molar-refractivity contribution < 1.29 is 8.78 Å². The predicted molar refractivity (Wildman–Crippen MR) is 47.6 cm³/mol. The summed E-state index contributed by atoms with van der Waals surface area (Å²) >= 11 is 0. The molecule has 0 unspecified atom stereocenters. The van der Waals surface area contributed by atoms with E-state index in [0.29, 0.717) is 12.6 Å². The molecule has 3 heteroatoms. The van der Waals surface area contributed by atoms with Crippen LogP contribution in [0, 0.1) is 0 Å². The van der Waals surface area contributed by atoms with Gasteiger partial charge >= 0.3 is 0 Å². The Bertz CT molecular complexity index is 105. The van der Waals surface area contributed by atoms with Crippen LogP contribution < -0.4 is 0 Å². The maximum absolute atomic E-state index is 11.9. The van der Waals surface area contributed by atoms with Gasteiger partial charge in [0, 0.05) is 19.0 Å². The molecule has 0 aliphatic heterocycles. The Balaban J connectivity index is 3.63. The molecule has 0 fully saturated rings. The SMILES string of the molecule is CCCN(CCC(F)F)C(C)C. The Morgan fingerprint density at radius 3 is 2.08 bits per heavy atom. The molecular formula is C9H19F2N. The molecule has 12 heavy (non-hydrogen) atoms. The summed E-state index contributed by atoms with van der Waals surface area (Å²) in [6.45, 7) is 7.59. The Hall–Kier alpha value is -0.180. The maximum atomic E-state index is 11.9. The molecule has 0 aromatic carbocycles. The Morgan fingerprint density at radius 2 is 1.75 bits per heavy atom. The molecule has 0 N–H and O–H groups in total. The van der Waals surface area contributed by atoms with Crippen molar-refractivity contribution in [2.24, 2.45) is 0 Å².